The molecule has 0 bridgehead atoms. The molecule has 0 aliphatic heterocycles. The molecule has 2 heterocycles. The average molecular weight is 467 g/mol. The van der Waals surface area contributed by atoms with Crippen LogP contribution in [0.15, 0.2) is 56.8 Å². The van der Waals surface area contributed by atoms with Crippen LogP contribution in [0, 0.1) is 5.92 Å². The van der Waals surface area contributed by atoms with Gasteiger partial charge in [0.15, 0.2) is 5.69 Å². The minimum Gasteiger partial charge on any atom is -0.383 e. The molecule has 0 saturated heterocycles. The Morgan fingerprint density at radius 3 is 2.47 bits per heavy atom. The molecule has 1 aromatic carbocycles. The van der Waals surface area contributed by atoms with Crippen molar-refractivity contribution in [3.63, 3.8) is 0 Å². The Bertz CT molecular complexity index is 1320. The lowest BCUT2D eigenvalue weighted by Gasteiger charge is -2.26. The summed E-state index contributed by atoms with van der Waals surface area (Å²) in [6.07, 6.45) is 1.50. The van der Waals surface area contributed by atoms with Crippen LogP contribution in [0.5, 0.6) is 0 Å². The van der Waals surface area contributed by atoms with Crippen LogP contribution in [-0.2, 0) is 13.1 Å². The third kappa shape index (κ3) is 5.51. The van der Waals surface area contributed by atoms with Gasteiger partial charge >= 0.3 is 5.69 Å². The summed E-state index contributed by atoms with van der Waals surface area (Å²) in [6.45, 7) is 6.42. The standard InChI is InChI=1S/C24H30N6O4/c1-4-5-13-28-21(25)20(22(32)26-24(28)34)29(14-16(2)3)23(33)18-11-12-19(31)30(27-18)15-17-9-7-6-8-10-17/h6-12,16H,4-5,13-15,25H2,1-3H3,(H,26,32,34). The molecule has 0 atom stereocenters. The molecule has 10 heteroatoms. The number of carbonyl (C=O) groups excluding carboxylic acids is 1. The van der Waals surface area contributed by atoms with Gasteiger partial charge in [0, 0.05) is 19.2 Å². The molecular formula is C24H30N6O4. The van der Waals surface area contributed by atoms with Gasteiger partial charge in [-0.05, 0) is 24.0 Å². The highest BCUT2D eigenvalue weighted by molar-refractivity contribution is 6.05. The SMILES string of the molecule is CCCCn1c(N)c(N(CC(C)C)C(=O)c2ccc(=O)n(Cc3ccccc3)n2)c(=O)[nH]c1=O. The van der Waals surface area contributed by atoms with Gasteiger partial charge in [-0.3, -0.25) is 28.8 Å². The number of carbonyl (C=O) groups is 1. The van der Waals surface area contributed by atoms with E-state index >= 15 is 0 Å². The van der Waals surface area contributed by atoms with Crippen LogP contribution in [0.25, 0.3) is 0 Å². The number of hydrogen-bond acceptors (Lipinski definition) is 6. The van der Waals surface area contributed by atoms with Gasteiger partial charge in [-0.1, -0.05) is 57.5 Å². The Labute approximate surface area is 196 Å². The lowest BCUT2D eigenvalue weighted by Crippen LogP contribution is -2.43. The fourth-order valence-electron chi connectivity index (χ4n) is 3.59. The van der Waals surface area contributed by atoms with Crippen LogP contribution in [0.1, 0.15) is 49.7 Å². The molecule has 3 aromatic rings. The van der Waals surface area contributed by atoms with E-state index in [4.69, 9.17) is 5.73 Å². The van der Waals surface area contributed by atoms with Gasteiger partial charge in [-0.2, -0.15) is 5.10 Å². The van der Waals surface area contributed by atoms with Crippen LogP contribution in [0.2, 0.25) is 0 Å². The number of aromatic amines is 1. The molecule has 0 fully saturated rings. The highest BCUT2D eigenvalue weighted by Gasteiger charge is 2.27. The van der Waals surface area contributed by atoms with Crippen molar-refractivity contribution in [1.29, 1.82) is 0 Å². The molecule has 0 aliphatic rings. The largest absolute Gasteiger partial charge is 0.383 e. The van der Waals surface area contributed by atoms with Gasteiger partial charge in [0.05, 0.1) is 6.54 Å². The summed E-state index contributed by atoms with van der Waals surface area (Å²) in [5.74, 6) is -0.684. The molecule has 180 valence electrons. The molecule has 0 saturated carbocycles. The van der Waals surface area contributed by atoms with Crippen molar-refractivity contribution in [3.05, 3.63) is 84.9 Å². The summed E-state index contributed by atoms with van der Waals surface area (Å²) in [4.78, 5) is 54.6. The predicted octanol–water partition coefficient (Wildman–Crippen LogP) is 1.83. The van der Waals surface area contributed by atoms with E-state index < -0.39 is 17.2 Å². The molecule has 34 heavy (non-hydrogen) atoms. The second-order valence-electron chi connectivity index (χ2n) is 8.51. The Balaban J connectivity index is 2.07. The molecule has 1 amide bonds. The summed E-state index contributed by atoms with van der Waals surface area (Å²) in [6, 6.07) is 11.9. The van der Waals surface area contributed by atoms with E-state index in [1.54, 1.807) is 0 Å². The fourth-order valence-corrected chi connectivity index (χ4v) is 3.59. The maximum absolute atomic E-state index is 13.6. The molecule has 0 spiro atoms. The monoisotopic (exact) mass is 466 g/mol. The number of H-pyrrole nitrogens is 1. The summed E-state index contributed by atoms with van der Waals surface area (Å²) in [7, 11) is 0. The van der Waals surface area contributed by atoms with Crippen LogP contribution in [0.3, 0.4) is 0 Å². The minimum absolute atomic E-state index is 0.0127. The molecular weight excluding hydrogens is 436 g/mol. The average Bonchev–Trinajstić information content (AvgIpc) is 2.79. The van der Waals surface area contributed by atoms with Gasteiger partial charge in [-0.15, -0.1) is 0 Å². The van der Waals surface area contributed by atoms with E-state index in [0.29, 0.717) is 13.0 Å². The van der Waals surface area contributed by atoms with E-state index in [-0.39, 0.29) is 41.8 Å². The number of nitrogens with two attached hydrogens (primary N) is 1. The van der Waals surface area contributed by atoms with E-state index in [2.05, 4.69) is 10.1 Å². The Morgan fingerprint density at radius 1 is 1.12 bits per heavy atom. The summed E-state index contributed by atoms with van der Waals surface area (Å²) in [5.41, 5.74) is 5.26. The first-order chi connectivity index (χ1) is 16.2. The topological polar surface area (TPSA) is 136 Å². The second kappa shape index (κ2) is 10.8. The Morgan fingerprint density at radius 2 is 1.82 bits per heavy atom. The number of hydrogen-bond donors (Lipinski definition) is 2. The number of nitrogens with zero attached hydrogens (tertiary/aromatic N) is 4. The molecule has 10 nitrogen and oxygen atoms in total. The third-order valence-corrected chi connectivity index (χ3v) is 5.27. The lowest BCUT2D eigenvalue weighted by atomic mass is 10.1. The van der Waals surface area contributed by atoms with Crippen LogP contribution in [-0.4, -0.2) is 31.8 Å². The maximum Gasteiger partial charge on any atom is 0.330 e. The second-order valence-corrected chi connectivity index (χ2v) is 8.51. The van der Waals surface area contributed by atoms with Crippen molar-refractivity contribution in [2.75, 3.05) is 17.2 Å². The number of amides is 1. The minimum atomic E-state index is -0.748. The van der Waals surface area contributed by atoms with Crippen LogP contribution in [0.4, 0.5) is 11.5 Å². The van der Waals surface area contributed by atoms with E-state index in [9.17, 15) is 19.2 Å². The van der Waals surface area contributed by atoms with Crippen LogP contribution < -0.4 is 27.4 Å². The first-order valence-corrected chi connectivity index (χ1v) is 11.3. The zero-order valence-electron chi connectivity index (χ0n) is 19.7. The number of rotatable bonds is 9. The van der Waals surface area contributed by atoms with Gasteiger partial charge in [0.25, 0.3) is 17.0 Å². The fraction of sp³-hybridized carbons (Fsp3) is 0.375. The molecule has 0 radical (unpaired) electrons. The number of nitrogen functional groups attached to an aromatic ring is 1. The first-order valence-electron chi connectivity index (χ1n) is 11.3. The predicted molar refractivity (Wildman–Crippen MR) is 131 cm³/mol. The van der Waals surface area contributed by atoms with Crippen molar-refractivity contribution in [2.45, 2.75) is 46.7 Å². The zero-order valence-corrected chi connectivity index (χ0v) is 19.7. The molecule has 0 aliphatic carbocycles. The lowest BCUT2D eigenvalue weighted by molar-refractivity contribution is 0.0976. The smallest absolute Gasteiger partial charge is 0.330 e. The normalized spacial score (nSPS) is 11.1. The Hall–Kier alpha value is -3.95. The van der Waals surface area contributed by atoms with Gasteiger partial charge in [0.2, 0.25) is 0 Å². The van der Waals surface area contributed by atoms with Crippen molar-refractivity contribution in [2.24, 2.45) is 5.92 Å². The number of benzene rings is 1. The number of unbranched alkanes of at least 4 members (excludes halogenated alkanes) is 1. The third-order valence-electron chi connectivity index (χ3n) is 5.27. The van der Waals surface area contributed by atoms with E-state index in [1.807, 2.05) is 51.1 Å². The number of anilines is 2. The first kappa shape index (κ1) is 24.7. The van der Waals surface area contributed by atoms with Crippen molar-refractivity contribution in [3.8, 4) is 0 Å². The highest BCUT2D eigenvalue weighted by Crippen LogP contribution is 2.20. The maximum atomic E-state index is 13.6. The molecule has 3 N–H and O–H groups in total. The van der Waals surface area contributed by atoms with Gasteiger partial charge in [0.1, 0.15) is 11.5 Å². The number of nitrogens with one attached hydrogen (secondary N) is 1. The summed E-state index contributed by atoms with van der Waals surface area (Å²) < 4.78 is 2.47. The summed E-state index contributed by atoms with van der Waals surface area (Å²) in [5, 5.41) is 4.26. The molecule has 0 unspecified atom stereocenters. The quantitative estimate of drug-likeness (QED) is 0.494. The van der Waals surface area contributed by atoms with Gasteiger partial charge < -0.3 is 5.73 Å². The molecule has 3 rings (SSSR count). The highest BCUT2D eigenvalue weighted by atomic mass is 16.2. The van der Waals surface area contributed by atoms with E-state index in [0.717, 1.165) is 12.0 Å². The van der Waals surface area contributed by atoms with Gasteiger partial charge in [-0.25, -0.2) is 9.48 Å². The van der Waals surface area contributed by atoms with Crippen molar-refractivity contribution in [1.82, 2.24) is 19.3 Å². The van der Waals surface area contributed by atoms with Crippen LogP contribution >= 0.6 is 0 Å². The summed E-state index contributed by atoms with van der Waals surface area (Å²) >= 11 is 0. The van der Waals surface area contributed by atoms with E-state index in [1.165, 1.54) is 26.3 Å². The molecule has 2 aromatic heterocycles. The zero-order chi connectivity index (χ0) is 24.8. The van der Waals surface area contributed by atoms with Crippen molar-refractivity contribution >= 4 is 17.4 Å². The van der Waals surface area contributed by atoms with Crippen molar-refractivity contribution < 1.29 is 4.79 Å². The Kier molecular flexibility index (Phi) is 7.83. The number of aromatic nitrogens is 4.